The zero-order valence-electron chi connectivity index (χ0n) is 8.61. The number of aromatic nitrogens is 1. The minimum absolute atomic E-state index is 0.234. The fourth-order valence-electron chi connectivity index (χ4n) is 1.64. The van der Waals surface area contributed by atoms with Gasteiger partial charge in [0.15, 0.2) is 0 Å². The van der Waals surface area contributed by atoms with Crippen molar-refractivity contribution in [2.75, 3.05) is 30.3 Å². The van der Waals surface area contributed by atoms with Crippen molar-refractivity contribution >= 4 is 23.1 Å². The van der Waals surface area contributed by atoms with Gasteiger partial charge in [-0.05, 0) is 6.92 Å². The number of hydrogen-bond acceptors (Lipinski definition) is 4. The number of nitrogens with zero attached hydrogens (tertiary/aromatic N) is 2. The molecule has 1 aliphatic heterocycles. The summed E-state index contributed by atoms with van der Waals surface area (Å²) in [4.78, 5) is 6.41. The predicted octanol–water partition coefficient (Wildman–Crippen LogP) is 1.54. The molecule has 82 valence electrons. The number of anilines is 2. The van der Waals surface area contributed by atoms with Gasteiger partial charge in [-0.3, -0.25) is 0 Å². The van der Waals surface area contributed by atoms with Gasteiger partial charge in [0.05, 0.1) is 23.4 Å². The fourth-order valence-corrected chi connectivity index (χ4v) is 1.75. The molecule has 0 unspecified atom stereocenters. The molecule has 1 atom stereocenters. The van der Waals surface area contributed by atoms with Gasteiger partial charge in [0.1, 0.15) is 5.82 Å². The first-order valence-corrected chi connectivity index (χ1v) is 5.32. The van der Waals surface area contributed by atoms with E-state index < -0.39 is 0 Å². The molecule has 2 rings (SSSR count). The number of hydrogen-bond donors (Lipinski definition) is 1. The molecular formula is C10H14ClN3O. The molecule has 1 aliphatic rings. The monoisotopic (exact) mass is 227 g/mol. The summed E-state index contributed by atoms with van der Waals surface area (Å²) in [7, 11) is 0. The van der Waals surface area contributed by atoms with E-state index >= 15 is 0 Å². The number of halogens is 1. The highest BCUT2D eigenvalue weighted by Crippen LogP contribution is 2.23. The Morgan fingerprint density at radius 2 is 2.47 bits per heavy atom. The van der Waals surface area contributed by atoms with Gasteiger partial charge in [-0.1, -0.05) is 11.6 Å². The molecule has 2 heterocycles. The van der Waals surface area contributed by atoms with E-state index in [0.717, 1.165) is 25.5 Å². The Balaban J connectivity index is 2.18. The third-order valence-electron chi connectivity index (χ3n) is 2.44. The van der Waals surface area contributed by atoms with Gasteiger partial charge < -0.3 is 15.4 Å². The molecule has 0 radical (unpaired) electrons. The third-order valence-corrected chi connectivity index (χ3v) is 2.75. The van der Waals surface area contributed by atoms with Gasteiger partial charge in [0, 0.05) is 25.4 Å². The lowest BCUT2D eigenvalue weighted by atomic mass is 10.3. The van der Waals surface area contributed by atoms with E-state index in [-0.39, 0.29) is 6.10 Å². The molecule has 0 spiro atoms. The first kappa shape index (κ1) is 10.5. The van der Waals surface area contributed by atoms with E-state index in [1.165, 1.54) is 0 Å². The summed E-state index contributed by atoms with van der Waals surface area (Å²) in [6.07, 6.45) is 1.82. The van der Waals surface area contributed by atoms with E-state index in [0.29, 0.717) is 10.7 Å². The lowest BCUT2D eigenvalue weighted by Crippen LogP contribution is -2.41. The highest BCUT2D eigenvalue weighted by Gasteiger charge is 2.18. The maximum atomic E-state index is 5.82. The Labute approximate surface area is 94.0 Å². The average molecular weight is 228 g/mol. The van der Waals surface area contributed by atoms with Gasteiger partial charge in [0.2, 0.25) is 0 Å². The summed E-state index contributed by atoms with van der Waals surface area (Å²) in [5.41, 5.74) is 6.30. The summed E-state index contributed by atoms with van der Waals surface area (Å²) < 4.78 is 5.46. The Morgan fingerprint density at radius 1 is 1.67 bits per heavy atom. The van der Waals surface area contributed by atoms with Crippen molar-refractivity contribution in [1.29, 1.82) is 0 Å². The number of nitrogen functional groups attached to an aromatic ring is 1. The minimum Gasteiger partial charge on any atom is -0.397 e. The largest absolute Gasteiger partial charge is 0.397 e. The molecule has 0 bridgehead atoms. The first-order chi connectivity index (χ1) is 7.16. The molecule has 5 heteroatoms. The summed E-state index contributed by atoms with van der Waals surface area (Å²) >= 11 is 5.82. The van der Waals surface area contributed by atoms with Crippen LogP contribution in [0.4, 0.5) is 11.5 Å². The van der Waals surface area contributed by atoms with Crippen LogP contribution in [0.1, 0.15) is 6.92 Å². The fraction of sp³-hybridized carbons (Fsp3) is 0.500. The van der Waals surface area contributed by atoms with Crippen LogP contribution in [0.3, 0.4) is 0 Å². The predicted molar refractivity (Wildman–Crippen MR) is 61.3 cm³/mol. The van der Waals surface area contributed by atoms with E-state index in [2.05, 4.69) is 9.88 Å². The second-order valence-electron chi connectivity index (χ2n) is 3.69. The SMILES string of the molecule is C[C@H]1CN(c2cc(N)c(Cl)cn2)CCO1. The first-order valence-electron chi connectivity index (χ1n) is 4.94. The second kappa shape index (κ2) is 4.24. The third kappa shape index (κ3) is 2.33. The Kier molecular flexibility index (Phi) is 2.98. The number of rotatable bonds is 1. The zero-order chi connectivity index (χ0) is 10.8. The highest BCUT2D eigenvalue weighted by atomic mass is 35.5. The maximum Gasteiger partial charge on any atom is 0.130 e. The maximum absolute atomic E-state index is 5.82. The van der Waals surface area contributed by atoms with Crippen LogP contribution in [0.2, 0.25) is 5.02 Å². The lowest BCUT2D eigenvalue weighted by Gasteiger charge is -2.32. The molecule has 1 aromatic heterocycles. The quantitative estimate of drug-likeness (QED) is 0.791. The van der Waals surface area contributed by atoms with E-state index in [9.17, 15) is 0 Å². The van der Waals surface area contributed by atoms with Gasteiger partial charge in [-0.15, -0.1) is 0 Å². The van der Waals surface area contributed by atoms with Crippen LogP contribution in [0, 0.1) is 0 Å². The highest BCUT2D eigenvalue weighted by molar-refractivity contribution is 6.32. The molecule has 4 nitrogen and oxygen atoms in total. The van der Waals surface area contributed by atoms with Crippen LogP contribution in [-0.2, 0) is 4.74 Å². The number of nitrogens with two attached hydrogens (primary N) is 1. The molecule has 1 aromatic rings. The van der Waals surface area contributed by atoms with Crippen molar-refractivity contribution in [3.05, 3.63) is 17.3 Å². The molecule has 2 N–H and O–H groups in total. The molecule has 0 aliphatic carbocycles. The molecule has 1 saturated heterocycles. The van der Waals surface area contributed by atoms with Crippen LogP contribution < -0.4 is 10.6 Å². The van der Waals surface area contributed by atoms with Crippen molar-refractivity contribution in [2.45, 2.75) is 13.0 Å². The lowest BCUT2D eigenvalue weighted by molar-refractivity contribution is 0.0529. The number of ether oxygens (including phenoxy) is 1. The summed E-state index contributed by atoms with van der Waals surface area (Å²) in [6, 6.07) is 1.81. The van der Waals surface area contributed by atoms with E-state index in [1.54, 1.807) is 12.3 Å². The van der Waals surface area contributed by atoms with Gasteiger partial charge in [0.25, 0.3) is 0 Å². The van der Waals surface area contributed by atoms with Crippen molar-refractivity contribution in [2.24, 2.45) is 0 Å². The normalized spacial score (nSPS) is 21.7. The van der Waals surface area contributed by atoms with E-state index in [4.69, 9.17) is 22.1 Å². The zero-order valence-corrected chi connectivity index (χ0v) is 9.37. The van der Waals surface area contributed by atoms with Crippen LogP contribution in [0.15, 0.2) is 12.3 Å². The summed E-state index contributed by atoms with van der Waals surface area (Å²) in [5, 5.41) is 0.500. The van der Waals surface area contributed by atoms with Crippen LogP contribution in [0.5, 0.6) is 0 Å². The summed E-state index contributed by atoms with van der Waals surface area (Å²) in [5.74, 6) is 0.868. The average Bonchev–Trinajstić information content (AvgIpc) is 2.22. The second-order valence-corrected chi connectivity index (χ2v) is 4.10. The summed E-state index contributed by atoms with van der Waals surface area (Å²) in [6.45, 7) is 4.46. The molecule has 15 heavy (non-hydrogen) atoms. The number of pyridine rings is 1. The van der Waals surface area contributed by atoms with Gasteiger partial charge >= 0.3 is 0 Å². The van der Waals surface area contributed by atoms with Crippen molar-refractivity contribution in [3.8, 4) is 0 Å². The van der Waals surface area contributed by atoms with Crippen LogP contribution >= 0.6 is 11.6 Å². The Bertz CT molecular complexity index is 359. The van der Waals surface area contributed by atoms with Crippen LogP contribution in [0.25, 0.3) is 0 Å². The van der Waals surface area contributed by atoms with E-state index in [1.807, 2.05) is 6.92 Å². The Morgan fingerprint density at radius 3 is 3.13 bits per heavy atom. The minimum atomic E-state index is 0.234. The van der Waals surface area contributed by atoms with Crippen molar-refractivity contribution in [1.82, 2.24) is 4.98 Å². The molecule has 0 amide bonds. The molecule has 1 fully saturated rings. The van der Waals surface area contributed by atoms with Crippen LogP contribution in [-0.4, -0.2) is 30.8 Å². The topological polar surface area (TPSA) is 51.4 Å². The van der Waals surface area contributed by atoms with Crippen molar-refractivity contribution in [3.63, 3.8) is 0 Å². The van der Waals surface area contributed by atoms with Gasteiger partial charge in [-0.25, -0.2) is 4.98 Å². The molecule has 0 aromatic carbocycles. The smallest absolute Gasteiger partial charge is 0.130 e. The molecular weight excluding hydrogens is 214 g/mol. The standard InChI is InChI=1S/C10H14ClN3O/c1-7-6-14(2-3-15-7)10-4-9(12)8(11)5-13-10/h4-5,7H,2-3,6H2,1H3,(H2,12,13)/t7-/m0/s1. The Hall–Kier alpha value is -1.00. The number of morpholine rings is 1. The molecule has 0 saturated carbocycles. The van der Waals surface area contributed by atoms with Gasteiger partial charge in [-0.2, -0.15) is 0 Å². The van der Waals surface area contributed by atoms with Crippen molar-refractivity contribution < 1.29 is 4.74 Å².